The largest absolute Gasteiger partial charge is 0.313 e. The van der Waals surface area contributed by atoms with E-state index in [1.807, 2.05) is 0 Å². The third-order valence-electron chi connectivity index (χ3n) is 1.79. The van der Waals surface area contributed by atoms with Crippen LogP contribution in [0.2, 0.25) is 5.02 Å². The summed E-state index contributed by atoms with van der Waals surface area (Å²) in [6.07, 6.45) is 3.73. The van der Waals surface area contributed by atoms with Crippen LogP contribution >= 0.6 is 11.6 Å². The minimum Gasteiger partial charge on any atom is -0.313 e. The number of aromatic nitrogens is 3. The number of hydrogen-bond acceptors (Lipinski definition) is 3. The molecule has 0 atom stereocenters. The normalized spacial score (nSPS) is 9.93. The molecule has 0 unspecified atom stereocenters. The van der Waals surface area contributed by atoms with Gasteiger partial charge in [-0.15, -0.1) is 0 Å². The summed E-state index contributed by atoms with van der Waals surface area (Å²) in [5.74, 6) is 0.999. The summed E-state index contributed by atoms with van der Waals surface area (Å²) >= 11 is 5.95. The van der Waals surface area contributed by atoms with E-state index in [9.17, 15) is 4.79 Å². The number of carbonyl (C=O) groups excluding carboxylic acids is 1. The zero-order valence-corrected chi connectivity index (χ0v) is 8.35. The molecule has 0 saturated heterocycles. The Balaban J connectivity index is 2.49. The summed E-state index contributed by atoms with van der Waals surface area (Å²) in [7, 11) is 0. The molecule has 0 fully saturated rings. The number of anilines is 1. The van der Waals surface area contributed by atoms with Crippen molar-refractivity contribution in [3.63, 3.8) is 0 Å². The van der Waals surface area contributed by atoms with E-state index in [1.54, 1.807) is 30.6 Å². The minimum absolute atomic E-state index is 0.468. The highest BCUT2D eigenvalue weighted by molar-refractivity contribution is 6.32. The first kappa shape index (κ1) is 9.67. The Morgan fingerprint density at radius 2 is 2.27 bits per heavy atom. The second-order valence-electron chi connectivity index (χ2n) is 2.70. The number of nitrogens with zero attached hydrogens (tertiary/aromatic N) is 3. The van der Waals surface area contributed by atoms with Crippen molar-refractivity contribution in [3.05, 3.63) is 35.6 Å². The first-order valence-electron chi connectivity index (χ1n) is 4.18. The molecule has 2 aromatic heterocycles. The maximum atomic E-state index is 10.3. The highest BCUT2D eigenvalue weighted by atomic mass is 35.5. The van der Waals surface area contributed by atoms with Crippen LogP contribution in [0.5, 0.6) is 0 Å². The number of nitrogens with one attached hydrogen (secondary N) is 1. The number of rotatable bonds is 3. The van der Waals surface area contributed by atoms with Crippen molar-refractivity contribution in [2.75, 3.05) is 5.32 Å². The van der Waals surface area contributed by atoms with Crippen LogP contribution in [-0.2, 0) is 4.79 Å². The Labute approximate surface area is 90.7 Å². The maximum absolute atomic E-state index is 10.3. The van der Waals surface area contributed by atoms with Gasteiger partial charge in [0.05, 0.1) is 11.2 Å². The van der Waals surface area contributed by atoms with Gasteiger partial charge in [0, 0.05) is 12.3 Å². The van der Waals surface area contributed by atoms with Crippen LogP contribution in [0, 0.1) is 0 Å². The van der Waals surface area contributed by atoms with E-state index in [4.69, 9.17) is 11.6 Å². The van der Waals surface area contributed by atoms with Crippen molar-refractivity contribution in [3.8, 4) is 5.82 Å². The third-order valence-corrected chi connectivity index (χ3v) is 2.08. The molecule has 0 aliphatic rings. The van der Waals surface area contributed by atoms with E-state index in [1.165, 1.54) is 4.68 Å². The van der Waals surface area contributed by atoms with Crippen molar-refractivity contribution < 1.29 is 4.79 Å². The zero-order chi connectivity index (χ0) is 10.7. The van der Waals surface area contributed by atoms with Crippen LogP contribution in [0.4, 0.5) is 5.82 Å². The third kappa shape index (κ3) is 1.82. The molecule has 6 heteroatoms. The number of pyridine rings is 1. The molecule has 2 rings (SSSR count). The van der Waals surface area contributed by atoms with E-state index in [-0.39, 0.29) is 0 Å². The lowest BCUT2D eigenvalue weighted by Crippen LogP contribution is -2.06. The smallest absolute Gasteiger partial charge is 0.212 e. The molecule has 0 radical (unpaired) electrons. The van der Waals surface area contributed by atoms with Gasteiger partial charge in [-0.25, -0.2) is 4.98 Å². The Hall–Kier alpha value is -1.88. The van der Waals surface area contributed by atoms with Gasteiger partial charge in [-0.05, 0) is 12.1 Å². The van der Waals surface area contributed by atoms with E-state index < -0.39 is 0 Å². The van der Waals surface area contributed by atoms with Crippen molar-refractivity contribution in [2.45, 2.75) is 0 Å². The molecule has 2 aromatic rings. The predicted molar refractivity (Wildman–Crippen MR) is 56.1 cm³/mol. The second kappa shape index (κ2) is 4.10. The van der Waals surface area contributed by atoms with Crippen molar-refractivity contribution in [2.24, 2.45) is 0 Å². The minimum atomic E-state index is 0.468. The van der Waals surface area contributed by atoms with Gasteiger partial charge in [-0.3, -0.25) is 4.79 Å². The maximum Gasteiger partial charge on any atom is 0.212 e. The zero-order valence-electron chi connectivity index (χ0n) is 7.59. The average molecular weight is 223 g/mol. The van der Waals surface area contributed by atoms with Gasteiger partial charge in [-0.1, -0.05) is 11.6 Å². The summed E-state index contributed by atoms with van der Waals surface area (Å²) < 4.78 is 1.46. The van der Waals surface area contributed by atoms with Crippen LogP contribution < -0.4 is 5.32 Å². The van der Waals surface area contributed by atoms with Crippen molar-refractivity contribution in [1.29, 1.82) is 0 Å². The van der Waals surface area contributed by atoms with Crippen molar-refractivity contribution in [1.82, 2.24) is 14.8 Å². The van der Waals surface area contributed by atoms with Gasteiger partial charge < -0.3 is 5.32 Å². The van der Waals surface area contributed by atoms with E-state index >= 15 is 0 Å². The van der Waals surface area contributed by atoms with Gasteiger partial charge in [0.2, 0.25) is 6.41 Å². The molecule has 0 aromatic carbocycles. The van der Waals surface area contributed by atoms with Crippen LogP contribution in [0.25, 0.3) is 5.82 Å². The molecular formula is C9H7ClN4O. The van der Waals surface area contributed by atoms with Crippen LogP contribution in [0.1, 0.15) is 0 Å². The lowest BCUT2D eigenvalue weighted by atomic mass is 10.4. The summed E-state index contributed by atoms with van der Waals surface area (Å²) in [5.41, 5.74) is 0. The van der Waals surface area contributed by atoms with Crippen LogP contribution in [0.15, 0.2) is 30.6 Å². The SMILES string of the molecule is O=CNc1ccnn1-c1ncccc1Cl. The highest BCUT2D eigenvalue weighted by Gasteiger charge is 2.08. The molecule has 76 valence electrons. The van der Waals surface area contributed by atoms with Gasteiger partial charge in [0.15, 0.2) is 5.82 Å². The van der Waals surface area contributed by atoms with E-state index in [2.05, 4.69) is 15.4 Å². The predicted octanol–water partition coefficient (Wildman–Crippen LogP) is 1.49. The summed E-state index contributed by atoms with van der Waals surface area (Å²) in [4.78, 5) is 14.4. The summed E-state index contributed by atoms with van der Waals surface area (Å²) in [6, 6.07) is 5.08. The first-order chi connectivity index (χ1) is 7.33. The monoisotopic (exact) mass is 222 g/mol. The lowest BCUT2D eigenvalue weighted by molar-refractivity contribution is -0.105. The second-order valence-corrected chi connectivity index (χ2v) is 3.11. The molecule has 0 aliphatic carbocycles. The summed E-state index contributed by atoms with van der Waals surface area (Å²) in [5, 5.41) is 6.99. The van der Waals surface area contributed by atoms with Crippen LogP contribution in [0.3, 0.4) is 0 Å². The van der Waals surface area contributed by atoms with Gasteiger partial charge in [-0.2, -0.15) is 9.78 Å². The fourth-order valence-corrected chi connectivity index (χ4v) is 1.38. The van der Waals surface area contributed by atoms with E-state index in [0.717, 1.165) is 0 Å². The molecule has 2 heterocycles. The van der Waals surface area contributed by atoms with Gasteiger partial charge in [0.25, 0.3) is 0 Å². The molecule has 15 heavy (non-hydrogen) atoms. The molecule has 0 bridgehead atoms. The van der Waals surface area contributed by atoms with E-state index in [0.29, 0.717) is 23.1 Å². The Morgan fingerprint density at radius 1 is 1.40 bits per heavy atom. The number of hydrogen-bond donors (Lipinski definition) is 1. The number of amides is 1. The first-order valence-corrected chi connectivity index (χ1v) is 4.56. The quantitative estimate of drug-likeness (QED) is 0.801. The standard InChI is InChI=1S/C9H7ClN4O/c10-7-2-1-4-11-9(7)14-8(12-6-15)3-5-13-14/h1-6H,(H,12,15). The van der Waals surface area contributed by atoms with Gasteiger partial charge in [0.1, 0.15) is 5.82 Å². The molecule has 1 N–H and O–H groups in total. The summed E-state index contributed by atoms with van der Waals surface area (Å²) in [6.45, 7) is 0. The Bertz CT molecular complexity index is 482. The fraction of sp³-hybridized carbons (Fsp3) is 0. The molecule has 1 amide bonds. The topological polar surface area (TPSA) is 59.8 Å². The highest BCUT2D eigenvalue weighted by Crippen LogP contribution is 2.19. The molecule has 0 spiro atoms. The van der Waals surface area contributed by atoms with Crippen LogP contribution in [-0.4, -0.2) is 21.2 Å². The number of carbonyl (C=O) groups is 1. The Kier molecular flexibility index (Phi) is 2.64. The molecule has 0 saturated carbocycles. The average Bonchev–Trinajstić information content (AvgIpc) is 2.67. The molecule has 0 aliphatic heterocycles. The molecule has 5 nitrogen and oxygen atoms in total. The lowest BCUT2D eigenvalue weighted by Gasteiger charge is -2.05. The van der Waals surface area contributed by atoms with Crippen molar-refractivity contribution >= 4 is 23.8 Å². The Morgan fingerprint density at radius 3 is 3.00 bits per heavy atom. The number of halogens is 1. The van der Waals surface area contributed by atoms with Gasteiger partial charge >= 0.3 is 0 Å². The molecular weight excluding hydrogens is 216 g/mol. The fourth-order valence-electron chi connectivity index (χ4n) is 1.18.